The minimum absolute atomic E-state index is 0. The van der Waals surface area contributed by atoms with Crippen LogP contribution in [0.5, 0.6) is 5.75 Å². The molecule has 0 unspecified atom stereocenters. The number of halogens is 5. The molecule has 2 aromatic rings. The summed E-state index contributed by atoms with van der Waals surface area (Å²) in [7, 11) is 2.00. The molecule has 2 rings (SSSR count). The first-order chi connectivity index (χ1) is 11.0. The van der Waals surface area contributed by atoms with E-state index in [9.17, 15) is 26.7 Å². The van der Waals surface area contributed by atoms with Crippen molar-refractivity contribution in [1.82, 2.24) is 4.98 Å². The lowest BCUT2D eigenvalue weighted by atomic mass is 10.2. The summed E-state index contributed by atoms with van der Waals surface area (Å²) in [5, 5.41) is 0. The molecule has 24 heavy (non-hydrogen) atoms. The van der Waals surface area contributed by atoms with Crippen LogP contribution in [-0.4, -0.2) is 25.2 Å². The number of nitrogens with two attached hydrogens (primary N) is 1. The van der Waals surface area contributed by atoms with Gasteiger partial charge in [0.05, 0.1) is 12.7 Å². The lowest BCUT2D eigenvalue weighted by molar-refractivity contribution is 0.0717. The third-order valence-electron chi connectivity index (χ3n) is 2.16. The molecule has 0 aliphatic heterocycles. The van der Waals surface area contributed by atoms with E-state index in [1.807, 2.05) is 0 Å². The van der Waals surface area contributed by atoms with E-state index in [1.54, 1.807) is 0 Å². The average molecular weight is 351 g/mol. The Labute approximate surface area is 136 Å². The van der Waals surface area contributed by atoms with Crippen LogP contribution < -0.4 is 10.5 Å². The van der Waals surface area contributed by atoms with Gasteiger partial charge >= 0.3 is 5.97 Å². The second-order valence-corrected chi connectivity index (χ2v) is 3.43. The number of alkyl halides is 1. The zero-order valence-electron chi connectivity index (χ0n) is 12.1. The van der Waals surface area contributed by atoms with Crippen molar-refractivity contribution >= 4 is 5.97 Å². The van der Waals surface area contributed by atoms with Crippen LogP contribution in [0.25, 0.3) is 0 Å². The molecule has 0 aliphatic rings. The minimum atomic E-state index is -1.78. The van der Waals surface area contributed by atoms with E-state index >= 15 is 0 Å². The van der Waals surface area contributed by atoms with Gasteiger partial charge in [-0.25, -0.2) is 13.6 Å². The first-order valence-corrected chi connectivity index (χ1v) is 5.91. The van der Waals surface area contributed by atoms with Crippen molar-refractivity contribution in [2.24, 2.45) is 5.73 Å². The fraction of sp³-hybridized carbons (Fsp3) is 0.200. The highest BCUT2D eigenvalue weighted by Gasteiger charge is 2.23. The quantitative estimate of drug-likeness (QED) is 0.388. The molecule has 0 spiro atoms. The summed E-state index contributed by atoms with van der Waals surface area (Å²) in [5.41, 5.74) is 4.38. The molecule has 9 heteroatoms. The second kappa shape index (κ2) is 11.9. The van der Waals surface area contributed by atoms with Gasteiger partial charge in [-0.05, 0) is 19.2 Å². The number of hydrogen-bond acceptors (Lipinski definition) is 4. The maximum atomic E-state index is 13.2. The van der Waals surface area contributed by atoms with Crippen LogP contribution in [0.15, 0.2) is 30.6 Å². The number of rotatable bonds is 2. The van der Waals surface area contributed by atoms with E-state index in [4.69, 9.17) is 0 Å². The van der Waals surface area contributed by atoms with E-state index in [2.05, 4.69) is 15.5 Å². The second-order valence-electron chi connectivity index (χ2n) is 3.43. The van der Waals surface area contributed by atoms with Gasteiger partial charge in [0, 0.05) is 18.5 Å². The summed E-state index contributed by atoms with van der Waals surface area (Å²) in [5.74, 6) is -9.49. The fourth-order valence-corrected chi connectivity index (χ4v) is 1.28. The molecule has 0 aliphatic carbocycles. The van der Waals surface area contributed by atoms with Gasteiger partial charge in [0.25, 0.3) is 0 Å². The lowest BCUT2D eigenvalue weighted by Crippen LogP contribution is -2.12. The monoisotopic (exact) mass is 351 g/mol. The minimum Gasteiger partial charge on any atom is -0.416 e. The third kappa shape index (κ3) is 5.92. The SMILES string of the molecule is C.CN.C[18F].O=C(Oc1c(F)c(F)cc(F)c1F)c1cccnc1. The summed E-state index contributed by atoms with van der Waals surface area (Å²) in [6, 6.07) is 2.67. The third-order valence-corrected chi connectivity index (χ3v) is 2.16. The predicted octanol–water partition coefficient (Wildman–Crippen LogP) is 3.65. The molecule has 1 aromatic carbocycles. The molecule has 1 aromatic heterocycles. The van der Waals surface area contributed by atoms with Crippen molar-refractivity contribution in [3.8, 4) is 5.75 Å². The Kier molecular flexibility index (Phi) is 11.8. The number of nitrogens with zero attached hydrogens (tertiary/aromatic N) is 1. The number of esters is 1. The Morgan fingerprint density at radius 1 is 1.08 bits per heavy atom. The zero-order chi connectivity index (χ0) is 18.0. The molecule has 0 fully saturated rings. The Balaban J connectivity index is 0. The molecule has 1 heterocycles. The normalized spacial score (nSPS) is 8.67. The standard InChI is InChI=1S/C12H5F4NO2.CH3F.CH5N.CH4/c13-7-4-8(14)10(16)11(9(7)15)19-12(18)6-2-1-3-17-5-6;2*1-2;/h1-5H;1H3;2H2,1H3;1H4/i;2-1;;. The Hall–Kier alpha value is -2.55. The molecule has 0 saturated carbocycles. The number of hydrogen-bond donors (Lipinski definition) is 1. The van der Waals surface area contributed by atoms with Crippen LogP contribution in [0, 0.1) is 23.3 Å². The van der Waals surface area contributed by atoms with Crippen molar-refractivity contribution in [2.75, 3.05) is 14.2 Å². The van der Waals surface area contributed by atoms with Crippen LogP contribution in [-0.2, 0) is 0 Å². The van der Waals surface area contributed by atoms with E-state index in [-0.39, 0.29) is 19.1 Å². The van der Waals surface area contributed by atoms with Gasteiger partial charge in [0.2, 0.25) is 17.4 Å². The Morgan fingerprint density at radius 3 is 2.00 bits per heavy atom. The molecule has 0 atom stereocenters. The highest BCUT2D eigenvalue weighted by molar-refractivity contribution is 5.90. The number of carbonyl (C=O) groups excluding carboxylic acids is 1. The Bertz CT molecular complexity index is 613. The maximum absolute atomic E-state index is 13.2. The van der Waals surface area contributed by atoms with Crippen molar-refractivity contribution in [3.63, 3.8) is 0 Å². The summed E-state index contributed by atoms with van der Waals surface area (Å²) in [4.78, 5) is 15.1. The largest absolute Gasteiger partial charge is 0.416 e. The predicted molar refractivity (Wildman–Crippen MR) is 79.3 cm³/mol. The van der Waals surface area contributed by atoms with Crippen LogP contribution in [0.1, 0.15) is 17.8 Å². The molecule has 0 radical (unpaired) electrons. The van der Waals surface area contributed by atoms with Gasteiger partial charge in [-0.1, -0.05) is 7.43 Å². The maximum Gasteiger partial charge on any atom is 0.345 e. The number of ether oxygens (including phenoxy) is 1. The topological polar surface area (TPSA) is 65.2 Å². The van der Waals surface area contributed by atoms with Crippen molar-refractivity contribution < 1.29 is 31.5 Å². The molecule has 0 amide bonds. The number of benzene rings is 1. The fourth-order valence-electron chi connectivity index (χ4n) is 1.28. The first kappa shape index (κ1) is 23.7. The first-order valence-electron chi connectivity index (χ1n) is 5.91. The van der Waals surface area contributed by atoms with Crippen LogP contribution in [0.4, 0.5) is 22.0 Å². The van der Waals surface area contributed by atoms with Crippen molar-refractivity contribution in [1.29, 1.82) is 0 Å². The van der Waals surface area contributed by atoms with Crippen LogP contribution in [0.3, 0.4) is 0 Å². The van der Waals surface area contributed by atoms with E-state index < -0.39 is 35.0 Å². The number of carbonyl (C=O) groups is 1. The molecule has 4 nitrogen and oxygen atoms in total. The van der Waals surface area contributed by atoms with Gasteiger partial charge in [0.1, 0.15) is 0 Å². The summed E-state index contributed by atoms with van der Waals surface area (Å²) in [6.07, 6.45) is 2.44. The van der Waals surface area contributed by atoms with Gasteiger partial charge in [-0.3, -0.25) is 9.37 Å². The van der Waals surface area contributed by atoms with E-state index in [1.165, 1.54) is 25.4 Å². The van der Waals surface area contributed by atoms with Crippen molar-refractivity contribution in [2.45, 2.75) is 7.43 Å². The number of aromatic nitrogens is 1. The molecule has 0 bridgehead atoms. The summed E-state index contributed by atoms with van der Waals surface area (Å²) >= 11 is 0. The summed E-state index contributed by atoms with van der Waals surface area (Å²) < 4.78 is 66.1. The van der Waals surface area contributed by atoms with Gasteiger partial charge in [-0.2, -0.15) is 8.78 Å². The average Bonchev–Trinajstić information content (AvgIpc) is 2.61. The van der Waals surface area contributed by atoms with Gasteiger partial charge < -0.3 is 10.5 Å². The van der Waals surface area contributed by atoms with Crippen LogP contribution in [0.2, 0.25) is 0 Å². The zero-order valence-corrected chi connectivity index (χ0v) is 12.1. The number of pyridine rings is 1. The van der Waals surface area contributed by atoms with Gasteiger partial charge in [0.15, 0.2) is 11.6 Å². The molecule has 2 N–H and O–H groups in total. The molecular weight excluding hydrogens is 334 g/mol. The van der Waals surface area contributed by atoms with Gasteiger partial charge in [-0.15, -0.1) is 0 Å². The van der Waals surface area contributed by atoms with E-state index in [0.29, 0.717) is 7.18 Å². The smallest absolute Gasteiger partial charge is 0.345 e. The molecule has 134 valence electrons. The highest BCUT2D eigenvalue weighted by Crippen LogP contribution is 2.27. The lowest BCUT2D eigenvalue weighted by Gasteiger charge is -2.07. The van der Waals surface area contributed by atoms with Crippen molar-refractivity contribution in [3.05, 3.63) is 59.4 Å². The van der Waals surface area contributed by atoms with Crippen LogP contribution >= 0.6 is 0 Å². The van der Waals surface area contributed by atoms with E-state index in [0.717, 1.165) is 6.20 Å². The highest BCUT2D eigenvalue weighted by atomic mass is 19.2. The Morgan fingerprint density at radius 2 is 1.58 bits per heavy atom. The molecular formula is C15H17F5N2O2. The molecule has 0 saturated heterocycles. The summed E-state index contributed by atoms with van der Waals surface area (Å²) in [6.45, 7) is 0.